The fraction of sp³-hybridized carbons (Fsp3) is 0.207. The lowest BCUT2D eigenvalue weighted by atomic mass is 9.72. The van der Waals surface area contributed by atoms with Gasteiger partial charge in [0.1, 0.15) is 0 Å². The number of hydrogen-bond acceptors (Lipinski definition) is 4. The largest absolute Gasteiger partial charge is 0.434 e. The van der Waals surface area contributed by atoms with Crippen LogP contribution in [0.3, 0.4) is 0 Å². The van der Waals surface area contributed by atoms with Gasteiger partial charge in [-0.05, 0) is 77.2 Å². The molecule has 0 amide bonds. The molecule has 0 radical (unpaired) electrons. The molecule has 1 atom stereocenters. The molecule has 4 aromatic rings. The summed E-state index contributed by atoms with van der Waals surface area (Å²) in [6, 6.07) is 16.3. The zero-order valence-electron chi connectivity index (χ0n) is 19.6. The predicted octanol–water partition coefficient (Wildman–Crippen LogP) is 6.31. The van der Waals surface area contributed by atoms with Gasteiger partial charge >= 0.3 is 5.76 Å². The van der Waals surface area contributed by atoms with Gasteiger partial charge in [-0.2, -0.15) is 9.49 Å². The summed E-state index contributed by atoms with van der Waals surface area (Å²) in [5.41, 5.74) is 6.38. The maximum Gasteiger partial charge on any atom is 0.434 e. The van der Waals surface area contributed by atoms with Crippen LogP contribution >= 0.6 is 0 Å². The number of allylic oxidation sites excluding steroid dienone is 7. The van der Waals surface area contributed by atoms with E-state index in [2.05, 4.69) is 62.9 Å². The molecule has 1 fully saturated rings. The van der Waals surface area contributed by atoms with Gasteiger partial charge in [0, 0.05) is 0 Å². The molecule has 2 aliphatic carbocycles. The first-order valence-corrected chi connectivity index (χ1v) is 12.2. The van der Waals surface area contributed by atoms with E-state index in [1.165, 1.54) is 17.6 Å². The zero-order valence-corrected chi connectivity index (χ0v) is 19.6. The van der Waals surface area contributed by atoms with Crippen molar-refractivity contribution < 1.29 is 8.81 Å². The van der Waals surface area contributed by atoms with Crippen LogP contribution in [0.4, 0.5) is 4.39 Å². The van der Waals surface area contributed by atoms with Gasteiger partial charge in [-0.15, -0.1) is 5.10 Å². The summed E-state index contributed by atoms with van der Waals surface area (Å²) in [6.45, 7) is 0. The van der Waals surface area contributed by atoms with Crippen LogP contribution in [0.5, 0.6) is 0 Å². The van der Waals surface area contributed by atoms with Crippen molar-refractivity contribution >= 4 is 28.1 Å². The Bertz CT molecular complexity index is 1580. The van der Waals surface area contributed by atoms with Crippen molar-refractivity contribution in [3.8, 4) is 0 Å². The van der Waals surface area contributed by atoms with Crippen molar-refractivity contribution in [2.24, 2.45) is 11.8 Å². The van der Waals surface area contributed by atoms with Gasteiger partial charge in [-0.1, -0.05) is 67.1 Å². The Hall–Kier alpha value is -4.26. The SMILES string of the molecule is O=c1[nH]nc(/C=C/C2C=CC(/C(=C(\c3ccccc3)C3CCC3)c3ccc4n[nH]c(F)c4c3)=CC2)o1. The molecule has 1 saturated carbocycles. The van der Waals surface area contributed by atoms with Crippen molar-refractivity contribution in [1.82, 2.24) is 20.4 Å². The second-order valence-corrected chi connectivity index (χ2v) is 9.28. The van der Waals surface area contributed by atoms with E-state index in [1.807, 2.05) is 30.3 Å². The average molecular weight is 481 g/mol. The molecular weight excluding hydrogens is 455 g/mol. The van der Waals surface area contributed by atoms with Crippen LogP contribution in [0.25, 0.3) is 28.1 Å². The number of aromatic nitrogens is 4. The van der Waals surface area contributed by atoms with E-state index >= 15 is 0 Å². The molecule has 2 N–H and O–H groups in total. The fourth-order valence-corrected chi connectivity index (χ4v) is 4.99. The molecular formula is C29H25FN4O2. The number of benzene rings is 2. The maximum atomic E-state index is 14.5. The van der Waals surface area contributed by atoms with Gasteiger partial charge in [0.15, 0.2) is 0 Å². The van der Waals surface area contributed by atoms with Crippen LogP contribution in [-0.2, 0) is 0 Å². The third kappa shape index (κ3) is 4.28. The number of halogens is 1. The molecule has 2 aromatic heterocycles. The van der Waals surface area contributed by atoms with Crippen molar-refractivity contribution in [3.63, 3.8) is 0 Å². The fourth-order valence-electron chi connectivity index (χ4n) is 4.99. The van der Waals surface area contributed by atoms with E-state index in [9.17, 15) is 9.18 Å². The van der Waals surface area contributed by atoms with Crippen LogP contribution in [-0.4, -0.2) is 20.4 Å². The molecule has 2 aromatic carbocycles. The molecule has 0 bridgehead atoms. The summed E-state index contributed by atoms with van der Waals surface area (Å²) >= 11 is 0. The summed E-state index contributed by atoms with van der Waals surface area (Å²) in [5.74, 6) is -0.118. The first-order valence-electron chi connectivity index (χ1n) is 12.2. The summed E-state index contributed by atoms with van der Waals surface area (Å²) < 4.78 is 19.4. The van der Waals surface area contributed by atoms with Crippen LogP contribution in [0, 0.1) is 17.8 Å². The van der Waals surface area contributed by atoms with Gasteiger partial charge in [-0.25, -0.2) is 9.89 Å². The van der Waals surface area contributed by atoms with Crippen molar-refractivity contribution in [3.05, 3.63) is 112 Å². The first kappa shape index (κ1) is 22.2. The predicted molar refractivity (Wildman–Crippen MR) is 138 cm³/mol. The maximum absolute atomic E-state index is 14.5. The molecule has 2 heterocycles. The monoisotopic (exact) mass is 480 g/mol. The second kappa shape index (κ2) is 9.41. The Morgan fingerprint density at radius 3 is 2.61 bits per heavy atom. The molecule has 2 aliphatic rings. The number of nitrogens with zero attached hydrogens (tertiary/aromatic N) is 2. The topological polar surface area (TPSA) is 87.6 Å². The lowest BCUT2D eigenvalue weighted by Crippen LogP contribution is -2.15. The Labute approximate surface area is 206 Å². The highest BCUT2D eigenvalue weighted by Crippen LogP contribution is 2.46. The molecule has 1 unspecified atom stereocenters. The van der Waals surface area contributed by atoms with Gasteiger partial charge in [0.2, 0.25) is 11.8 Å². The molecule has 6 rings (SSSR count). The third-order valence-corrected chi connectivity index (χ3v) is 7.03. The molecule has 0 spiro atoms. The highest BCUT2D eigenvalue weighted by molar-refractivity contribution is 6.02. The minimum absolute atomic E-state index is 0.148. The summed E-state index contributed by atoms with van der Waals surface area (Å²) in [5, 5.41) is 13.1. The molecule has 7 heteroatoms. The second-order valence-electron chi connectivity index (χ2n) is 9.28. The highest BCUT2D eigenvalue weighted by atomic mass is 19.1. The van der Waals surface area contributed by atoms with Gasteiger partial charge in [0.25, 0.3) is 0 Å². The standard InChI is InChI=1S/C29H25FN4O2/c30-28-23-17-22(14-15-24(23)31-33-28)27(26(20-7-4-8-20)19-5-2-1-3-6-19)21-12-9-18(10-13-21)11-16-25-32-34-29(35)36-25/h1-3,5-6,9,11-18,20H,4,7-8,10H2,(H,31,33)(H,34,35)/b16-11+,27-26-. The molecule has 0 aliphatic heterocycles. The molecule has 6 nitrogen and oxygen atoms in total. The quantitative estimate of drug-likeness (QED) is 0.317. The number of nitrogens with one attached hydrogen (secondary N) is 2. The first-order chi connectivity index (χ1) is 17.7. The summed E-state index contributed by atoms with van der Waals surface area (Å²) in [7, 11) is 0. The number of fused-ring (bicyclic) bond motifs is 1. The zero-order chi connectivity index (χ0) is 24.5. The molecule has 0 saturated heterocycles. The normalized spacial score (nSPS) is 18.9. The van der Waals surface area contributed by atoms with E-state index < -0.39 is 11.7 Å². The minimum atomic E-state index is -0.568. The summed E-state index contributed by atoms with van der Waals surface area (Å²) in [6.07, 6.45) is 14.5. The lowest BCUT2D eigenvalue weighted by Gasteiger charge is -2.32. The summed E-state index contributed by atoms with van der Waals surface area (Å²) in [4.78, 5) is 11.2. The Kier molecular flexibility index (Phi) is 5.81. The minimum Gasteiger partial charge on any atom is -0.388 e. The van der Waals surface area contributed by atoms with E-state index in [-0.39, 0.29) is 11.8 Å². The van der Waals surface area contributed by atoms with Crippen molar-refractivity contribution in [2.75, 3.05) is 0 Å². The number of aromatic amines is 2. The highest BCUT2D eigenvalue weighted by Gasteiger charge is 2.28. The number of H-pyrrole nitrogens is 2. The Morgan fingerprint density at radius 2 is 1.92 bits per heavy atom. The smallest absolute Gasteiger partial charge is 0.388 e. The van der Waals surface area contributed by atoms with Crippen LogP contribution < -0.4 is 5.76 Å². The number of rotatable bonds is 6. The van der Waals surface area contributed by atoms with Gasteiger partial charge in [0.05, 0.1) is 10.9 Å². The van der Waals surface area contributed by atoms with Gasteiger partial charge < -0.3 is 4.42 Å². The third-order valence-electron chi connectivity index (χ3n) is 7.03. The Balaban J connectivity index is 1.43. The molecule has 180 valence electrons. The van der Waals surface area contributed by atoms with E-state index in [0.717, 1.165) is 36.0 Å². The van der Waals surface area contributed by atoms with E-state index in [4.69, 9.17) is 4.42 Å². The van der Waals surface area contributed by atoms with Crippen molar-refractivity contribution in [2.45, 2.75) is 25.7 Å². The van der Waals surface area contributed by atoms with E-state index in [0.29, 0.717) is 16.8 Å². The Morgan fingerprint density at radius 1 is 1.06 bits per heavy atom. The van der Waals surface area contributed by atoms with Crippen molar-refractivity contribution in [1.29, 1.82) is 0 Å². The van der Waals surface area contributed by atoms with Crippen LogP contribution in [0.2, 0.25) is 0 Å². The van der Waals surface area contributed by atoms with Gasteiger partial charge in [-0.3, -0.25) is 5.10 Å². The number of hydrogen-bond donors (Lipinski definition) is 2. The molecule has 36 heavy (non-hydrogen) atoms. The lowest BCUT2D eigenvalue weighted by molar-refractivity contribution is 0.401. The van der Waals surface area contributed by atoms with Crippen LogP contribution in [0.15, 0.2) is 87.6 Å². The average Bonchev–Trinajstić information content (AvgIpc) is 3.47. The van der Waals surface area contributed by atoms with Crippen LogP contribution in [0.1, 0.15) is 42.7 Å². The van der Waals surface area contributed by atoms with E-state index in [1.54, 1.807) is 6.08 Å².